The molecule has 0 aromatic heterocycles. The van der Waals surface area contributed by atoms with E-state index in [2.05, 4.69) is 5.32 Å². The molecule has 1 aliphatic carbocycles. The number of aliphatic hydroxyl groups excluding tert-OH is 1. The number of rotatable bonds is 4. The average molecular weight is 234 g/mol. The van der Waals surface area contributed by atoms with E-state index in [0.717, 1.165) is 18.4 Å². The van der Waals surface area contributed by atoms with E-state index >= 15 is 0 Å². The number of hydrogen-bond acceptors (Lipinski definition) is 3. The van der Waals surface area contributed by atoms with E-state index in [1.807, 2.05) is 30.3 Å². The normalized spacial score (nSPS) is 24.8. The first-order valence-electron chi connectivity index (χ1n) is 5.93. The largest absolute Gasteiger partial charge is 0.393 e. The molecule has 0 radical (unpaired) electrons. The Bertz CT molecular complexity index is 374. The standard InChI is InChI=1S/C13H18N2O2/c14-12(10-4-2-1-3-5-10)13(17)15-8-9-6-11(16)7-9/h1-5,9,11-12,16H,6-8,14H2,(H,15,17). The molecule has 2 rings (SSSR count). The monoisotopic (exact) mass is 234 g/mol. The molecule has 4 heteroatoms. The molecule has 1 saturated carbocycles. The maximum atomic E-state index is 11.8. The molecule has 4 N–H and O–H groups in total. The zero-order chi connectivity index (χ0) is 12.3. The third kappa shape index (κ3) is 3.05. The van der Waals surface area contributed by atoms with Gasteiger partial charge in [0.15, 0.2) is 0 Å². The molecule has 1 aliphatic rings. The maximum absolute atomic E-state index is 11.8. The summed E-state index contributed by atoms with van der Waals surface area (Å²) in [6, 6.07) is 8.70. The zero-order valence-corrected chi connectivity index (χ0v) is 9.67. The van der Waals surface area contributed by atoms with Crippen molar-refractivity contribution in [3.05, 3.63) is 35.9 Å². The molecule has 92 valence electrons. The van der Waals surface area contributed by atoms with Gasteiger partial charge in [-0.15, -0.1) is 0 Å². The van der Waals surface area contributed by atoms with E-state index in [-0.39, 0.29) is 12.0 Å². The van der Waals surface area contributed by atoms with Gasteiger partial charge in [0.2, 0.25) is 5.91 Å². The summed E-state index contributed by atoms with van der Waals surface area (Å²) < 4.78 is 0. The van der Waals surface area contributed by atoms with E-state index in [9.17, 15) is 4.79 Å². The van der Waals surface area contributed by atoms with Crippen LogP contribution in [0.1, 0.15) is 24.4 Å². The summed E-state index contributed by atoms with van der Waals surface area (Å²) in [5, 5.41) is 12.0. The van der Waals surface area contributed by atoms with Gasteiger partial charge in [0.1, 0.15) is 6.04 Å². The van der Waals surface area contributed by atoms with Crippen LogP contribution in [0.2, 0.25) is 0 Å². The molecular weight excluding hydrogens is 216 g/mol. The van der Waals surface area contributed by atoms with E-state index in [1.54, 1.807) is 0 Å². The molecule has 0 heterocycles. The number of aliphatic hydroxyl groups is 1. The number of nitrogens with one attached hydrogen (secondary N) is 1. The summed E-state index contributed by atoms with van der Waals surface area (Å²) in [6.07, 6.45) is 1.38. The quantitative estimate of drug-likeness (QED) is 0.713. The number of carbonyl (C=O) groups is 1. The van der Waals surface area contributed by atoms with Crippen molar-refractivity contribution in [2.45, 2.75) is 25.0 Å². The molecule has 0 bridgehead atoms. The number of hydrogen-bond donors (Lipinski definition) is 3. The van der Waals surface area contributed by atoms with Crippen LogP contribution in [0.5, 0.6) is 0 Å². The lowest BCUT2D eigenvalue weighted by atomic mass is 9.82. The van der Waals surface area contributed by atoms with Gasteiger partial charge < -0.3 is 16.2 Å². The van der Waals surface area contributed by atoms with Crippen molar-refractivity contribution in [1.29, 1.82) is 0 Å². The predicted octanol–water partition coefficient (Wildman–Crippen LogP) is 0.573. The highest BCUT2D eigenvalue weighted by molar-refractivity contribution is 5.82. The molecule has 0 aliphatic heterocycles. The van der Waals surface area contributed by atoms with Gasteiger partial charge in [-0.1, -0.05) is 30.3 Å². The van der Waals surface area contributed by atoms with Gasteiger partial charge in [-0.25, -0.2) is 0 Å². The Labute approximate surface area is 101 Å². The van der Waals surface area contributed by atoms with Crippen LogP contribution in [0.25, 0.3) is 0 Å². The second-order valence-corrected chi connectivity index (χ2v) is 4.62. The van der Waals surface area contributed by atoms with Crippen molar-refractivity contribution in [2.24, 2.45) is 11.7 Å². The molecule has 0 saturated heterocycles. The van der Waals surface area contributed by atoms with Crippen molar-refractivity contribution in [1.82, 2.24) is 5.32 Å². The zero-order valence-electron chi connectivity index (χ0n) is 9.67. The number of amides is 1. The Hall–Kier alpha value is -1.39. The Kier molecular flexibility index (Phi) is 3.76. The first kappa shape index (κ1) is 12.1. The maximum Gasteiger partial charge on any atom is 0.241 e. The fourth-order valence-electron chi connectivity index (χ4n) is 2.03. The third-order valence-electron chi connectivity index (χ3n) is 3.22. The van der Waals surface area contributed by atoms with Crippen LogP contribution < -0.4 is 11.1 Å². The van der Waals surface area contributed by atoms with Crippen molar-refractivity contribution < 1.29 is 9.90 Å². The molecule has 1 amide bonds. The van der Waals surface area contributed by atoms with Gasteiger partial charge in [0.05, 0.1) is 6.10 Å². The number of carbonyl (C=O) groups excluding carboxylic acids is 1. The van der Waals surface area contributed by atoms with Crippen LogP contribution in [-0.4, -0.2) is 23.7 Å². The Morgan fingerprint density at radius 1 is 1.41 bits per heavy atom. The summed E-state index contributed by atoms with van der Waals surface area (Å²) in [6.45, 7) is 0.608. The van der Waals surface area contributed by atoms with Crippen LogP contribution >= 0.6 is 0 Å². The highest BCUT2D eigenvalue weighted by atomic mass is 16.3. The molecule has 1 atom stereocenters. The second kappa shape index (κ2) is 5.29. The third-order valence-corrected chi connectivity index (χ3v) is 3.22. The van der Waals surface area contributed by atoms with E-state index in [4.69, 9.17) is 10.8 Å². The lowest BCUT2D eigenvalue weighted by molar-refractivity contribution is -0.123. The fraction of sp³-hybridized carbons (Fsp3) is 0.462. The molecule has 1 aromatic rings. The minimum atomic E-state index is -0.610. The molecular formula is C13H18N2O2. The summed E-state index contributed by atoms with van der Waals surface area (Å²) in [5.41, 5.74) is 6.67. The van der Waals surface area contributed by atoms with Gasteiger partial charge in [-0.2, -0.15) is 0 Å². The predicted molar refractivity (Wildman–Crippen MR) is 65.1 cm³/mol. The van der Waals surface area contributed by atoms with Crippen molar-refractivity contribution >= 4 is 5.91 Å². The molecule has 17 heavy (non-hydrogen) atoms. The molecule has 1 aromatic carbocycles. The Balaban J connectivity index is 1.80. The Morgan fingerprint density at radius 2 is 2.06 bits per heavy atom. The van der Waals surface area contributed by atoms with Crippen LogP contribution in [0, 0.1) is 5.92 Å². The molecule has 4 nitrogen and oxygen atoms in total. The summed E-state index contributed by atoms with van der Waals surface area (Å²) in [5.74, 6) is 0.245. The van der Waals surface area contributed by atoms with E-state index < -0.39 is 6.04 Å². The average Bonchev–Trinajstić information content (AvgIpc) is 2.33. The summed E-state index contributed by atoms with van der Waals surface area (Å²) in [4.78, 5) is 11.8. The van der Waals surface area contributed by atoms with Crippen molar-refractivity contribution in [3.8, 4) is 0 Å². The van der Waals surface area contributed by atoms with Gasteiger partial charge in [-0.3, -0.25) is 4.79 Å². The van der Waals surface area contributed by atoms with Gasteiger partial charge in [0.25, 0.3) is 0 Å². The van der Waals surface area contributed by atoms with Crippen LogP contribution in [0.15, 0.2) is 30.3 Å². The highest BCUT2D eigenvalue weighted by Gasteiger charge is 2.27. The molecule has 1 fully saturated rings. The summed E-state index contributed by atoms with van der Waals surface area (Å²) in [7, 11) is 0. The van der Waals surface area contributed by atoms with Gasteiger partial charge in [-0.05, 0) is 24.3 Å². The molecule has 0 spiro atoms. The van der Waals surface area contributed by atoms with Gasteiger partial charge in [0, 0.05) is 6.54 Å². The minimum Gasteiger partial charge on any atom is -0.393 e. The second-order valence-electron chi connectivity index (χ2n) is 4.62. The van der Waals surface area contributed by atoms with E-state index in [0.29, 0.717) is 12.5 Å². The number of nitrogens with two attached hydrogens (primary N) is 1. The lowest BCUT2D eigenvalue weighted by Crippen LogP contribution is -2.41. The van der Waals surface area contributed by atoms with E-state index in [1.165, 1.54) is 0 Å². The van der Waals surface area contributed by atoms with Crippen LogP contribution in [0.3, 0.4) is 0 Å². The number of benzene rings is 1. The van der Waals surface area contributed by atoms with Crippen LogP contribution in [0.4, 0.5) is 0 Å². The smallest absolute Gasteiger partial charge is 0.241 e. The fourth-order valence-corrected chi connectivity index (χ4v) is 2.03. The van der Waals surface area contributed by atoms with Gasteiger partial charge >= 0.3 is 0 Å². The Morgan fingerprint density at radius 3 is 2.65 bits per heavy atom. The van der Waals surface area contributed by atoms with Crippen molar-refractivity contribution in [3.63, 3.8) is 0 Å². The highest BCUT2D eigenvalue weighted by Crippen LogP contribution is 2.26. The topological polar surface area (TPSA) is 75.4 Å². The van der Waals surface area contributed by atoms with Crippen molar-refractivity contribution in [2.75, 3.05) is 6.54 Å². The first-order chi connectivity index (χ1) is 8.16. The first-order valence-corrected chi connectivity index (χ1v) is 5.93. The summed E-state index contributed by atoms with van der Waals surface area (Å²) >= 11 is 0. The minimum absolute atomic E-state index is 0.155. The lowest BCUT2D eigenvalue weighted by Gasteiger charge is -2.31. The molecule has 1 unspecified atom stereocenters. The van der Waals surface area contributed by atoms with Crippen LogP contribution in [-0.2, 0) is 4.79 Å². The SMILES string of the molecule is NC(C(=O)NCC1CC(O)C1)c1ccccc1.